The van der Waals surface area contributed by atoms with Gasteiger partial charge in [0.15, 0.2) is 5.13 Å². The normalized spacial score (nSPS) is 10.6. The van der Waals surface area contributed by atoms with Gasteiger partial charge < -0.3 is 0 Å². The minimum atomic E-state index is -0.496. The Hall–Kier alpha value is -3.84. The van der Waals surface area contributed by atoms with Crippen LogP contribution in [0.5, 0.6) is 0 Å². The largest absolute Gasteiger partial charge is 0.298 e. The molecule has 4 rings (SSSR count). The summed E-state index contributed by atoms with van der Waals surface area (Å²) in [5.41, 5.74) is 5.46. The van der Waals surface area contributed by atoms with Crippen LogP contribution in [-0.4, -0.2) is 15.8 Å². The van der Waals surface area contributed by atoms with Crippen molar-refractivity contribution in [2.75, 3.05) is 5.32 Å². The van der Waals surface area contributed by atoms with Gasteiger partial charge in [-0.3, -0.25) is 20.2 Å². The van der Waals surface area contributed by atoms with Crippen molar-refractivity contribution in [2.45, 2.75) is 13.8 Å². The summed E-state index contributed by atoms with van der Waals surface area (Å²) in [4.78, 5) is 28.7. The van der Waals surface area contributed by atoms with Crippen LogP contribution in [0.3, 0.4) is 0 Å². The number of anilines is 1. The van der Waals surface area contributed by atoms with Gasteiger partial charge in [-0.2, -0.15) is 0 Å². The Morgan fingerprint density at radius 1 is 0.935 bits per heavy atom. The number of aromatic nitrogens is 1. The smallest absolute Gasteiger partial charge is 0.269 e. The van der Waals surface area contributed by atoms with Gasteiger partial charge in [-0.1, -0.05) is 59.9 Å². The molecule has 1 N–H and O–H groups in total. The maximum absolute atomic E-state index is 12.7. The fourth-order valence-electron chi connectivity index (χ4n) is 3.15. The molecular formula is C24H19N3O3S. The van der Waals surface area contributed by atoms with Crippen molar-refractivity contribution in [2.24, 2.45) is 0 Å². The van der Waals surface area contributed by atoms with E-state index in [0.29, 0.717) is 10.7 Å². The maximum atomic E-state index is 12.7. The van der Waals surface area contributed by atoms with Crippen LogP contribution >= 0.6 is 11.3 Å². The van der Waals surface area contributed by atoms with Gasteiger partial charge in [-0.15, -0.1) is 0 Å². The van der Waals surface area contributed by atoms with Crippen LogP contribution < -0.4 is 5.32 Å². The van der Waals surface area contributed by atoms with Gasteiger partial charge >= 0.3 is 0 Å². The Kier molecular flexibility index (Phi) is 5.60. The van der Waals surface area contributed by atoms with E-state index in [1.165, 1.54) is 46.7 Å². The van der Waals surface area contributed by atoms with Crippen molar-refractivity contribution < 1.29 is 9.72 Å². The lowest BCUT2D eigenvalue weighted by atomic mass is 10.0. The minimum Gasteiger partial charge on any atom is -0.298 e. The number of nitrogens with zero attached hydrogens (tertiary/aromatic N) is 2. The molecule has 7 heteroatoms. The van der Waals surface area contributed by atoms with E-state index in [2.05, 4.69) is 37.4 Å². The quantitative estimate of drug-likeness (QED) is 0.300. The zero-order valence-electron chi connectivity index (χ0n) is 17.0. The van der Waals surface area contributed by atoms with Crippen LogP contribution in [0.15, 0.2) is 72.8 Å². The molecule has 0 unspecified atom stereocenters. The lowest BCUT2D eigenvalue weighted by Crippen LogP contribution is -2.11. The predicted octanol–water partition coefficient (Wildman–Crippen LogP) is 6.25. The second-order valence-corrected chi connectivity index (χ2v) is 8.12. The molecule has 0 aliphatic carbocycles. The number of rotatable bonds is 5. The average Bonchev–Trinajstić information content (AvgIpc) is 3.20. The summed E-state index contributed by atoms with van der Waals surface area (Å²) < 4.78 is 0. The summed E-state index contributed by atoms with van der Waals surface area (Å²) >= 11 is 1.40. The van der Waals surface area contributed by atoms with E-state index in [4.69, 9.17) is 4.98 Å². The summed E-state index contributed by atoms with van der Waals surface area (Å²) in [5.74, 6) is -0.366. The highest BCUT2D eigenvalue weighted by Gasteiger charge is 2.18. The van der Waals surface area contributed by atoms with E-state index in [9.17, 15) is 14.9 Å². The molecule has 0 atom stereocenters. The highest BCUT2D eigenvalue weighted by molar-refractivity contribution is 7.19. The molecule has 4 aromatic rings. The monoisotopic (exact) mass is 429 g/mol. The van der Waals surface area contributed by atoms with Crippen LogP contribution in [0.1, 0.15) is 21.5 Å². The first-order valence-electron chi connectivity index (χ1n) is 9.62. The molecule has 6 nitrogen and oxygen atoms in total. The van der Waals surface area contributed by atoms with E-state index in [1.54, 1.807) is 0 Å². The summed E-state index contributed by atoms with van der Waals surface area (Å²) in [7, 11) is 0. The van der Waals surface area contributed by atoms with Crippen LogP contribution in [0.4, 0.5) is 10.8 Å². The van der Waals surface area contributed by atoms with Crippen molar-refractivity contribution in [3.8, 4) is 21.7 Å². The summed E-state index contributed by atoms with van der Waals surface area (Å²) in [5, 5.41) is 14.1. The first-order valence-corrected chi connectivity index (χ1v) is 10.4. The number of thiazole rings is 1. The molecule has 0 radical (unpaired) electrons. The average molecular weight is 430 g/mol. The third kappa shape index (κ3) is 4.36. The number of carbonyl (C=O) groups is 1. The molecule has 1 heterocycles. The Bertz CT molecular complexity index is 1270. The zero-order valence-corrected chi connectivity index (χ0v) is 17.8. The van der Waals surface area contributed by atoms with Crippen LogP contribution in [0, 0.1) is 24.0 Å². The number of non-ortho nitro benzene ring substituents is 1. The summed E-state index contributed by atoms with van der Waals surface area (Å²) in [6.45, 7) is 4.14. The second kappa shape index (κ2) is 8.49. The van der Waals surface area contributed by atoms with Gasteiger partial charge in [-0.05, 0) is 42.7 Å². The van der Waals surface area contributed by atoms with E-state index in [1.807, 2.05) is 30.3 Å². The van der Waals surface area contributed by atoms with Gasteiger partial charge in [0.2, 0.25) is 0 Å². The topological polar surface area (TPSA) is 85.1 Å². The van der Waals surface area contributed by atoms with E-state index < -0.39 is 4.92 Å². The molecule has 0 aliphatic heterocycles. The maximum Gasteiger partial charge on any atom is 0.269 e. The molecule has 0 aliphatic rings. The highest BCUT2D eigenvalue weighted by Crippen LogP contribution is 2.39. The fourth-order valence-corrected chi connectivity index (χ4v) is 4.13. The lowest BCUT2D eigenvalue weighted by Gasteiger charge is -2.05. The van der Waals surface area contributed by atoms with E-state index in [0.717, 1.165) is 21.7 Å². The molecule has 0 spiro atoms. The molecule has 3 aromatic carbocycles. The van der Waals surface area contributed by atoms with Gasteiger partial charge in [0.1, 0.15) is 0 Å². The van der Waals surface area contributed by atoms with Gasteiger partial charge in [0.05, 0.1) is 15.5 Å². The number of nitrogens with one attached hydrogen (secondary N) is 1. The lowest BCUT2D eigenvalue weighted by molar-refractivity contribution is -0.384. The second-order valence-electron chi connectivity index (χ2n) is 7.12. The number of nitro benzene ring substituents is 1. The van der Waals surface area contributed by atoms with E-state index >= 15 is 0 Å². The Morgan fingerprint density at radius 2 is 1.65 bits per heavy atom. The summed E-state index contributed by atoms with van der Waals surface area (Å²) in [6, 6.07) is 21.6. The number of carbonyl (C=O) groups excluding carboxylic acids is 1. The number of hydrogen-bond acceptors (Lipinski definition) is 5. The van der Waals surface area contributed by atoms with Crippen LogP contribution in [0.25, 0.3) is 21.7 Å². The predicted molar refractivity (Wildman–Crippen MR) is 124 cm³/mol. The third-order valence-corrected chi connectivity index (χ3v) is 6.02. The standard InChI is InChI=1S/C24H19N3O3S/c1-15-8-9-19(14-16(15)2)22-21(17-6-4-3-5-7-17)25-24(31-22)26-23(28)18-10-12-20(13-11-18)27(29)30/h3-14H,1-2H3,(H,25,26,28). The zero-order chi connectivity index (χ0) is 22.0. The molecule has 1 aromatic heterocycles. The fraction of sp³-hybridized carbons (Fsp3) is 0.0833. The Balaban J connectivity index is 1.70. The summed E-state index contributed by atoms with van der Waals surface area (Å²) in [6.07, 6.45) is 0. The molecule has 0 bridgehead atoms. The first-order chi connectivity index (χ1) is 14.9. The van der Waals surface area contributed by atoms with Gasteiger partial charge in [0, 0.05) is 23.3 Å². The van der Waals surface area contributed by atoms with Gasteiger partial charge in [-0.25, -0.2) is 4.98 Å². The molecule has 1 amide bonds. The molecule has 31 heavy (non-hydrogen) atoms. The number of hydrogen-bond donors (Lipinski definition) is 1. The molecule has 0 fully saturated rings. The van der Waals surface area contributed by atoms with Crippen molar-refractivity contribution in [1.82, 2.24) is 4.98 Å². The number of aryl methyl sites for hydroxylation is 2. The van der Waals surface area contributed by atoms with Crippen molar-refractivity contribution in [1.29, 1.82) is 0 Å². The Labute approximate surface area is 183 Å². The van der Waals surface area contributed by atoms with Crippen molar-refractivity contribution in [3.05, 3.63) is 99.6 Å². The van der Waals surface area contributed by atoms with Crippen LogP contribution in [-0.2, 0) is 0 Å². The molecule has 0 saturated carbocycles. The molecular weight excluding hydrogens is 410 g/mol. The number of nitro groups is 1. The number of benzene rings is 3. The highest BCUT2D eigenvalue weighted by atomic mass is 32.1. The minimum absolute atomic E-state index is 0.0609. The third-order valence-electron chi connectivity index (χ3n) is 5.00. The Morgan fingerprint density at radius 3 is 2.29 bits per heavy atom. The van der Waals surface area contributed by atoms with Gasteiger partial charge in [0.25, 0.3) is 11.6 Å². The van der Waals surface area contributed by atoms with E-state index in [-0.39, 0.29) is 11.6 Å². The number of amides is 1. The van der Waals surface area contributed by atoms with Crippen LogP contribution in [0.2, 0.25) is 0 Å². The molecule has 154 valence electrons. The van der Waals surface area contributed by atoms with Crippen molar-refractivity contribution in [3.63, 3.8) is 0 Å². The SMILES string of the molecule is Cc1ccc(-c2sc(NC(=O)c3ccc([N+](=O)[O-])cc3)nc2-c2ccccc2)cc1C. The molecule has 0 saturated heterocycles. The van der Waals surface area contributed by atoms with Crippen molar-refractivity contribution >= 4 is 28.1 Å². The first kappa shape index (κ1) is 20.4.